The molecule has 0 heterocycles. The number of hydrogen-bond acceptors (Lipinski definition) is 4. The van der Waals surface area contributed by atoms with Gasteiger partial charge in [0.1, 0.15) is 10.6 Å². The van der Waals surface area contributed by atoms with E-state index in [0.29, 0.717) is 16.7 Å². The van der Waals surface area contributed by atoms with Gasteiger partial charge in [-0.15, -0.1) is 0 Å². The average Bonchev–Trinajstić information content (AvgIpc) is 2.53. The van der Waals surface area contributed by atoms with Crippen LogP contribution < -0.4 is 10.5 Å². The molecule has 158 valence electrons. The number of primary sulfonamides is 1. The van der Waals surface area contributed by atoms with E-state index >= 15 is 0 Å². The van der Waals surface area contributed by atoms with E-state index in [9.17, 15) is 18.3 Å². The van der Waals surface area contributed by atoms with E-state index < -0.39 is 26.8 Å². The Bertz CT molecular complexity index is 1030. The van der Waals surface area contributed by atoms with Crippen LogP contribution in [0.4, 0.5) is 5.69 Å². The highest BCUT2D eigenvalue weighted by Crippen LogP contribution is 2.40. The number of anilines is 1. The Kier molecular flexibility index (Phi) is 6.10. The third-order valence-electron chi connectivity index (χ3n) is 4.49. The lowest BCUT2D eigenvalue weighted by Crippen LogP contribution is -2.22. The number of nitrogens with two attached hydrogens (primary N) is 1. The maximum atomic E-state index is 13.0. The van der Waals surface area contributed by atoms with E-state index in [1.807, 2.05) is 41.5 Å². The van der Waals surface area contributed by atoms with E-state index in [1.54, 1.807) is 12.1 Å². The molecule has 0 saturated carbocycles. The minimum absolute atomic E-state index is 0.0320. The van der Waals surface area contributed by atoms with Crippen LogP contribution >= 0.6 is 11.6 Å². The van der Waals surface area contributed by atoms with Crippen LogP contribution in [0.5, 0.6) is 5.75 Å². The summed E-state index contributed by atoms with van der Waals surface area (Å²) in [5, 5.41) is 18.8. The number of rotatable bonds is 3. The van der Waals surface area contributed by atoms with Gasteiger partial charge in [-0.3, -0.25) is 4.79 Å². The Morgan fingerprint density at radius 3 is 1.90 bits per heavy atom. The van der Waals surface area contributed by atoms with Crippen molar-refractivity contribution in [1.29, 1.82) is 0 Å². The Labute approximate surface area is 177 Å². The van der Waals surface area contributed by atoms with Crippen LogP contribution in [0.2, 0.25) is 5.02 Å². The van der Waals surface area contributed by atoms with Crippen LogP contribution in [-0.2, 0) is 20.9 Å². The number of halogens is 1. The molecule has 0 bridgehead atoms. The summed E-state index contributed by atoms with van der Waals surface area (Å²) in [4.78, 5) is 12.7. The van der Waals surface area contributed by atoms with Gasteiger partial charge in [-0.25, -0.2) is 13.6 Å². The average molecular weight is 439 g/mol. The third kappa shape index (κ3) is 5.29. The molecule has 0 unspecified atom stereocenters. The van der Waals surface area contributed by atoms with Crippen molar-refractivity contribution in [3.8, 4) is 5.75 Å². The Balaban J connectivity index is 2.61. The Morgan fingerprint density at radius 1 is 1.00 bits per heavy atom. The van der Waals surface area contributed by atoms with Gasteiger partial charge >= 0.3 is 0 Å². The number of sulfonamides is 1. The SMILES string of the molecule is CC(C)(C)c1cc(C(=O)Nc2ccc(Cl)cc2S(N)(=O)=O)cc(C(C)(C)C)c1O. The maximum Gasteiger partial charge on any atom is 0.255 e. The Morgan fingerprint density at radius 2 is 1.48 bits per heavy atom. The van der Waals surface area contributed by atoms with Crippen molar-refractivity contribution < 1.29 is 18.3 Å². The molecule has 0 aliphatic heterocycles. The van der Waals surface area contributed by atoms with Crippen LogP contribution in [0, 0.1) is 0 Å². The smallest absolute Gasteiger partial charge is 0.255 e. The van der Waals surface area contributed by atoms with Crippen LogP contribution in [0.3, 0.4) is 0 Å². The number of nitrogens with one attached hydrogen (secondary N) is 1. The molecule has 8 heteroatoms. The monoisotopic (exact) mass is 438 g/mol. The van der Waals surface area contributed by atoms with Gasteiger partial charge in [0.2, 0.25) is 10.0 Å². The molecule has 29 heavy (non-hydrogen) atoms. The fourth-order valence-electron chi connectivity index (χ4n) is 2.94. The minimum atomic E-state index is -4.09. The van der Waals surface area contributed by atoms with Gasteiger partial charge in [-0.2, -0.15) is 0 Å². The highest BCUT2D eigenvalue weighted by molar-refractivity contribution is 7.89. The van der Waals surface area contributed by atoms with Gasteiger partial charge in [0.15, 0.2) is 0 Å². The first-order valence-corrected chi connectivity index (χ1v) is 11.0. The number of amides is 1. The van der Waals surface area contributed by atoms with Crippen molar-refractivity contribution in [2.24, 2.45) is 5.14 Å². The first kappa shape index (κ1) is 23.2. The van der Waals surface area contributed by atoms with E-state index in [1.165, 1.54) is 18.2 Å². The number of aromatic hydroxyl groups is 1. The van der Waals surface area contributed by atoms with Gasteiger partial charge in [0.25, 0.3) is 5.91 Å². The van der Waals surface area contributed by atoms with Crippen molar-refractivity contribution in [3.63, 3.8) is 0 Å². The number of carbonyl (C=O) groups is 1. The molecule has 0 spiro atoms. The highest BCUT2D eigenvalue weighted by atomic mass is 35.5. The molecule has 2 aromatic carbocycles. The molecule has 0 saturated heterocycles. The topological polar surface area (TPSA) is 109 Å². The second-order valence-electron chi connectivity index (χ2n) is 9.06. The normalized spacial score (nSPS) is 12.7. The molecular weight excluding hydrogens is 412 g/mol. The second kappa shape index (κ2) is 7.63. The molecule has 0 aliphatic carbocycles. The molecule has 1 amide bonds. The molecule has 0 aliphatic rings. The molecule has 2 rings (SSSR count). The second-order valence-corrected chi connectivity index (χ2v) is 11.0. The lowest BCUT2D eigenvalue weighted by Gasteiger charge is -2.28. The highest BCUT2D eigenvalue weighted by Gasteiger charge is 2.28. The molecule has 4 N–H and O–H groups in total. The number of benzene rings is 2. The van der Waals surface area contributed by atoms with Gasteiger partial charge < -0.3 is 10.4 Å². The zero-order chi connectivity index (χ0) is 22.4. The van der Waals surface area contributed by atoms with Crippen LogP contribution in [-0.4, -0.2) is 19.4 Å². The summed E-state index contributed by atoms with van der Waals surface area (Å²) in [5.41, 5.74) is 0.756. The standard InChI is InChI=1S/C21H27ClN2O4S/c1-20(2,3)14-9-12(10-15(18(14)25)21(4,5)6)19(26)24-16-8-7-13(22)11-17(16)29(23,27)28/h7-11,25H,1-6H3,(H,24,26)(H2,23,27,28). The molecule has 6 nitrogen and oxygen atoms in total. The summed E-state index contributed by atoms with van der Waals surface area (Å²) >= 11 is 5.88. The van der Waals surface area contributed by atoms with Crippen LogP contribution in [0.15, 0.2) is 35.2 Å². The molecule has 0 fully saturated rings. The van der Waals surface area contributed by atoms with E-state index in [-0.39, 0.29) is 21.4 Å². The van der Waals surface area contributed by atoms with Crippen molar-refractivity contribution in [1.82, 2.24) is 0 Å². The van der Waals surface area contributed by atoms with Gasteiger partial charge in [0.05, 0.1) is 5.69 Å². The minimum Gasteiger partial charge on any atom is -0.507 e. The van der Waals surface area contributed by atoms with Crippen molar-refractivity contribution in [2.45, 2.75) is 57.3 Å². The summed E-state index contributed by atoms with van der Waals surface area (Å²) in [7, 11) is -4.09. The number of carbonyl (C=O) groups excluding carboxylic acids is 1. The van der Waals surface area contributed by atoms with E-state index in [0.717, 1.165) is 0 Å². The summed E-state index contributed by atoms with van der Waals surface area (Å²) < 4.78 is 23.7. The maximum absolute atomic E-state index is 13.0. The van der Waals surface area contributed by atoms with Gasteiger partial charge in [-0.1, -0.05) is 53.1 Å². The molecule has 0 aromatic heterocycles. The predicted octanol–water partition coefficient (Wildman–Crippen LogP) is 4.54. The number of phenols is 1. The zero-order valence-corrected chi connectivity index (χ0v) is 19.0. The van der Waals surface area contributed by atoms with Gasteiger partial charge in [0, 0.05) is 21.7 Å². The molecular formula is C21H27ClN2O4S. The zero-order valence-electron chi connectivity index (χ0n) is 17.4. The lowest BCUT2D eigenvalue weighted by atomic mass is 9.78. The van der Waals surface area contributed by atoms with E-state index in [2.05, 4.69) is 5.32 Å². The molecule has 0 atom stereocenters. The molecule has 2 aromatic rings. The van der Waals surface area contributed by atoms with E-state index in [4.69, 9.17) is 16.7 Å². The van der Waals surface area contributed by atoms with Gasteiger partial charge in [-0.05, 0) is 41.2 Å². The number of hydrogen-bond donors (Lipinski definition) is 3. The molecule has 0 radical (unpaired) electrons. The number of phenolic OH excluding ortho intramolecular Hbond substituents is 1. The largest absolute Gasteiger partial charge is 0.507 e. The van der Waals surface area contributed by atoms with Crippen LogP contribution in [0.1, 0.15) is 63.0 Å². The summed E-state index contributed by atoms with van der Waals surface area (Å²) in [6.45, 7) is 11.6. The third-order valence-corrected chi connectivity index (χ3v) is 5.67. The summed E-state index contributed by atoms with van der Waals surface area (Å²) in [6.07, 6.45) is 0. The first-order chi connectivity index (χ1) is 13.0. The summed E-state index contributed by atoms with van der Waals surface area (Å²) in [6, 6.07) is 7.27. The fourth-order valence-corrected chi connectivity index (χ4v) is 3.89. The van der Waals surface area contributed by atoms with Crippen molar-refractivity contribution in [2.75, 3.05) is 5.32 Å². The first-order valence-electron chi connectivity index (χ1n) is 9.03. The fraction of sp³-hybridized carbons (Fsp3) is 0.381. The predicted molar refractivity (Wildman–Crippen MR) is 116 cm³/mol. The lowest BCUT2D eigenvalue weighted by molar-refractivity contribution is 0.102. The summed E-state index contributed by atoms with van der Waals surface area (Å²) in [5.74, 6) is -0.369. The quantitative estimate of drug-likeness (QED) is 0.653. The Hall–Kier alpha value is -2.09. The van der Waals surface area contributed by atoms with Crippen LogP contribution in [0.25, 0.3) is 0 Å². The van der Waals surface area contributed by atoms with Crippen molar-refractivity contribution >= 4 is 33.2 Å². The van der Waals surface area contributed by atoms with Crippen molar-refractivity contribution in [3.05, 3.63) is 52.0 Å².